The topological polar surface area (TPSA) is 33.2 Å². The molecular weight excluding hydrogens is 332 g/mol. The van der Waals surface area contributed by atoms with Crippen LogP contribution in [0.3, 0.4) is 0 Å². The van der Waals surface area contributed by atoms with Crippen LogP contribution in [0.4, 0.5) is 0 Å². The fourth-order valence-electron chi connectivity index (χ4n) is 2.56. The van der Waals surface area contributed by atoms with Gasteiger partial charge in [-0.05, 0) is 36.3 Å². The average molecular weight is 351 g/mol. The normalized spacial score (nSPS) is 19.0. The van der Waals surface area contributed by atoms with Crippen molar-refractivity contribution in [3.05, 3.63) is 46.3 Å². The molecule has 1 aliphatic rings. The summed E-state index contributed by atoms with van der Waals surface area (Å²) in [6.45, 7) is 1.63. The van der Waals surface area contributed by atoms with E-state index in [0.717, 1.165) is 35.9 Å². The van der Waals surface area contributed by atoms with Crippen LogP contribution in [0, 0.1) is 0 Å². The Kier molecular flexibility index (Phi) is 5.44. The monoisotopic (exact) mass is 350 g/mol. The minimum absolute atomic E-state index is 0.116. The number of pyridine rings is 1. The zero-order chi connectivity index (χ0) is 15.4. The van der Waals surface area contributed by atoms with Crippen LogP contribution in [0.2, 0.25) is 0 Å². The summed E-state index contributed by atoms with van der Waals surface area (Å²) in [6, 6.07) is 8.03. The first-order valence-corrected chi connectivity index (χ1v) is 10.4. The van der Waals surface area contributed by atoms with Gasteiger partial charge in [0.05, 0.1) is 5.56 Å². The van der Waals surface area contributed by atoms with Gasteiger partial charge in [0.1, 0.15) is 5.03 Å². The average Bonchev–Trinajstić information content (AvgIpc) is 2.99. The van der Waals surface area contributed by atoms with Crippen LogP contribution in [-0.2, 0) is 0 Å². The lowest BCUT2D eigenvalue weighted by Gasteiger charge is -2.21. The van der Waals surface area contributed by atoms with Crippen LogP contribution in [0.1, 0.15) is 26.9 Å². The van der Waals surface area contributed by atoms with Crippen LogP contribution in [0.25, 0.3) is 0 Å². The molecule has 3 heterocycles. The van der Waals surface area contributed by atoms with Gasteiger partial charge in [-0.25, -0.2) is 4.98 Å². The highest BCUT2D eigenvalue weighted by atomic mass is 32.2. The van der Waals surface area contributed by atoms with E-state index < -0.39 is 0 Å². The summed E-state index contributed by atoms with van der Waals surface area (Å²) in [5.41, 5.74) is 0.731. The lowest BCUT2D eigenvalue weighted by atomic mass is 10.2. The molecule has 22 heavy (non-hydrogen) atoms. The van der Waals surface area contributed by atoms with Crippen LogP contribution in [0.15, 0.2) is 40.9 Å². The van der Waals surface area contributed by atoms with Gasteiger partial charge >= 0.3 is 0 Å². The predicted octanol–water partition coefficient (Wildman–Crippen LogP) is 4.19. The molecule has 6 heteroatoms. The standard InChI is InChI=1S/C16H18N2OS3/c1-20-15-12(4-2-7-17-15)16(19)18-8-6-14(22-11-9-18)13-5-3-10-21-13/h2-5,7,10,14H,6,8-9,11H2,1H3. The van der Waals surface area contributed by atoms with Gasteiger partial charge in [0.15, 0.2) is 0 Å². The Morgan fingerprint density at radius 2 is 2.27 bits per heavy atom. The third kappa shape index (κ3) is 3.50. The van der Waals surface area contributed by atoms with E-state index in [0.29, 0.717) is 5.25 Å². The SMILES string of the molecule is CSc1ncccc1C(=O)N1CCSC(c2cccs2)CC1. The quantitative estimate of drug-likeness (QED) is 0.777. The molecular formula is C16H18N2OS3. The van der Waals surface area contributed by atoms with Gasteiger partial charge < -0.3 is 4.90 Å². The van der Waals surface area contributed by atoms with Gasteiger partial charge in [0.25, 0.3) is 5.91 Å². The summed E-state index contributed by atoms with van der Waals surface area (Å²) in [7, 11) is 0. The Bertz CT molecular complexity index is 630. The van der Waals surface area contributed by atoms with E-state index in [1.807, 2.05) is 46.4 Å². The van der Waals surface area contributed by atoms with E-state index >= 15 is 0 Å². The molecule has 116 valence electrons. The Balaban J connectivity index is 1.71. The molecule has 1 saturated heterocycles. The van der Waals surface area contributed by atoms with E-state index in [2.05, 4.69) is 22.5 Å². The van der Waals surface area contributed by atoms with Gasteiger partial charge in [0.2, 0.25) is 0 Å². The fourth-order valence-corrected chi connectivity index (χ4v) is 5.34. The Hall–Kier alpha value is -0.980. The number of thiophene rings is 1. The summed E-state index contributed by atoms with van der Waals surface area (Å²) in [5, 5.41) is 3.47. The lowest BCUT2D eigenvalue weighted by molar-refractivity contribution is 0.0762. The summed E-state index contributed by atoms with van der Waals surface area (Å²) in [5.74, 6) is 1.10. The maximum Gasteiger partial charge on any atom is 0.256 e. The van der Waals surface area contributed by atoms with Crippen LogP contribution in [-0.4, -0.2) is 40.9 Å². The molecule has 2 aromatic heterocycles. The Morgan fingerprint density at radius 3 is 3.05 bits per heavy atom. The second-order valence-corrected chi connectivity index (χ2v) is 8.10. The zero-order valence-electron chi connectivity index (χ0n) is 12.4. The lowest BCUT2D eigenvalue weighted by Crippen LogP contribution is -2.33. The molecule has 3 rings (SSSR count). The molecule has 3 nitrogen and oxygen atoms in total. The fraction of sp³-hybridized carbons (Fsp3) is 0.375. The van der Waals surface area contributed by atoms with Crippen molar-refractivity contribution in [2.24, 2.45) is 0 Å². The van der Waals surface area contributed by atoms with Crippen molar-refractivity contribution in [2.45, 2.75) is 16.7 Å². The molecule has 1 amide bonds. The smallest absolute Gasteiger partial charge is 0.256 e. The van der Waals surface area contributed by atoms with Gasteiger partial charge in [-0.2, -0.15) is 11.8 Å². The number of hydrogen-bond donors (Lipinski definition) is 0. The molecule has 0 spiro atoms. The highest BCUT2D eigenvalue weighted by Crippen LogP contribution is 2.37. The number of rotatable bonds is 3. The van der Waals surface area contributed by atoms with Crippen LogP contribution < -0.4 is 0 Å². The molecule has 1 unspecified atom stereocenters. The summed E-state index contributed by atoms with van der Waals surface area (Å²) >= 11 is 5.31. The van der Waals surface area contributed by atoms with Gasteiger partial charge in [-0.1, -0.05) is 6.07 Å². The Labute approximate surface area is 143 Å². The molecule has 0 radical (unpaired) electrons. The van der Waals surface area contributed by atoms with E-state index in [9.17, 15) is 4.79 Å². The van der Waals surface area contributed by atoms with Crippen molar-refractivity contribution in [1.29, 1.82) is 0 Å². The molecule has 1 fully saturated rings. The second kappa shape index (κ2) is 7.53. The molecule has 1 aliphatic heterocycles. The molecule has 1 atom stereocenters. The van der Waals surface area contributed by atoms with E-state index in [-0.39, 0.29) is 5.91 Å². The number of thioether (sulfide) groups is 2. The number of nitrogens with zero attached hydrogens (tertiary/aromatic N) is 2. The van der Waals surface area contributed by atoms with E-state index in [1.54, 1.807) is 6.20 Å². The molecule has 0 aliphatic carbocycles. The molecule has 0 bridgehead atoms. The van der Waals surface area contributed by atoms with Crippen molar-refractivity contribution >= 4 is 40.8 Å². The Morgan fingerprint density at radius 1 is 1.36 bits per heavy atom. The second-order valence-electron chi connectivity index (χ2n) is 5.02. The largest absolute Gasteiger partial charge is 0.338 e. The number of carbonyl (C=O) groups is 1. The number of carbonyl (C=O) groups excluding carboxylic acids is 1. The minimum Gasteiger partial charge on any atom is -0.338 e. The van der Waals surface area contributed by atoms with Crippen LogP contribution in [0.5, 0.6) is 0 Å². The highest BCUT2D eigenvalue weighted by Gasteiger charge is 2.24. The maximum absolute atomic E-state index is 12.8. The van der Waals surface area contributed by atoms with E-state index in [1.165, 1.54) is 16.6 Å². The van der Waals surface area contributed by atoms with E-state index in [4.69, 9.17) is 0 Å². The first kappa shape index (κ1) is 15.9. The molecule has 0 aromatic carbocycles. The first-order chi connectivity index (χ1) is 10.8. The highest BCUT2D eigenvalue weighted by molar-refractivity contribution is 7.99. The number of aromatic nitrogens is 1. The van der Waals surface area contributed by atoms with Crippen molar-refractivity contribution in [3.8, 4) is 0 Å². The van der Waals surface area contributed by atoms with Crippen molar-refractivity contribution in [2.75, 3.05) is 25.1 Å². The third-order valence-electron chi connectivity index (χ3n) is 3.68. The molecule has 2 aromatic rings. The number of amides is 1. The molecule has 0 saturated carbocycles. The van der Waals surface area contributed by atoms with Gasteiger partial charge in [0, 0.05) is 35.2 Å². The maximum atomic E-state index is 12.8. The first-order valence-electron chi connectivity index (χ1n) is 7.23. The van der Waals surface area contributed by atoms with Gasteiger partial charge in [-0.3, -0.25) is 4.79 Å². The minimum atomic E-state index is 0.116. The van der Waals surface area contributed by atoms with Gasteiger partial charge in [-0.15, -0.1) is 23.1 Å². The molecule has 0 N–H and O–H groups in total. The van der Waals surface area contributed by atoms with Crippen LogP contribution >= 0.6 is 34.9 Å². The third-order valence-corrected chi connectivity index (χ3v) is 6.84. The summed E-state index contributed by atoms with van der Waals surface area (Å²) < 4.78 is 0. The zero-order valence-corrected chi connectivity index (χ0v) is 14.8. The van der Waals surface area contributed by atoms with Crippen molar-refractivity contribution in [3.63, 3.8) is 0 Å². The number of hydrogen-bond acceptors (Lipinski definition) is 5. The summed E-state index contributed by atoms with van der Waals surface area (Å²) in [4.78, 5) is 20.5. The summed E-state index contributed by atoms with van der Waals surface area (Å²) in [6.07, 6.45) is 4.73. The van der Waals surface area contributed by atoms with Crippen molar-refractivity contribution in [1.82, 2.24) is 9.88 Å². The predicted molar refractivity (Wildman–Crippen MR) is 96.1 cm³/mol. The van der Waals surface area contributed by atoms with Crippen molar-refractivity contribution < 1.29 is 4.79 Å².